The largest absolute Gasteiger partial charge is 0.469 e. The highest BCUT2D eigenvalue weighted by molar-refractivity contribution is 7.86. The van der Waals surface area contributed by atoms with Crippen molar-refractivity contribution >= 4 is 27.8 Å². The Morgan fingerprint density at radius 1 is 1.50 bits per heavy atom. The average molecular weight is 376 g/mol. The van der Waals surface area contributed by atoms with Crippen molar-refractivity contribution in [1.82, 2.24) is 13.9 Å². The van der Waals surface area contributed by atoms with Gasteiger partial charge in [-0.15, -0.1) is 0 Å². The van der Waals surface area contributed by atoms with Gasteiger partial charge in [0.1, 0.15) is 0 Å². The zero-order valence-electron chi connectivity index (χ0n) is 13.7. The molecule has 1 aliphatic heterocycles. The number of ether oxygens (including phenoxy) is 1. The zero-order valence-corrected chi connectivity index (χ0v) is 15.3. The van der Waals surface area contributed by atoms with Crippen LogP contribution in [-0.4, -0.2) is 63.3 Å². The quantitative estimate of drug-likeness (QED) is 0.751. The van der Waals surface area contributed by atoms with Gasteiger partial charge >= 0.3 is 5.97 Å². The van der Waals surface area contributed by atoms with Crippen LogP contribution in [0.1, 0.15) is 18.0 Å². The summed E-state index contributed by atoms with van der Waals surface area (Å²) in [5.41, 5.74) is 0.833. The summed E-state index contributed by atoms with van der Waals surface area (Å²) in [7, 11) is -0.953. The van der Waals surface area contributed by atoms with Gasteiger partial charge in [-0.25, -0.2) is 0 Å². The Kier molecular flexibility index (Phi) is 6.59. The molecule has 0 radical (unpaired) electrons. The molecule has 1 N–H and O–H groups in total. The first-order valence-corrected chi connectivity index (χ1v) is 9.40. The average Bonchev–Trinajstić information content (AvgIpc) is 2.59. The summed E-state index contributed by atoms with van der Waals surface area (Å²) in [5.74, 6) is -0.441. The molecule has 0 amide bonds. The maximum absolute atomic E-state index is 12.9. The van der Waals surface area contributed by atoms with Crippen LogP contribution in [0.2, 0.25) is 5.02 Å². The number of esters is 1. The van der Waals surface area contributed by atoms with Crippen molar-refractivity contribution in [1.29, 1.82) is 0 Å². The minimum atomic E-state index is -3.70. The van der Waals surface area contributed by atoms with E-state index in [2.05, 4.69) is 10.1 Å². The highest BCUT2D eigenvalue weighted by Gasteiger charge is 2.36. The summed E-state index contributed by atoms with van der Waals surface area (Å²) in [6.45, 7) is 1.49. The molecule has 1 aliphatic rings. The van der Waals surface area contributed by atoms with Crippen molar-refractivity contribution in [3.05, 3.63) is 34.9 Å². The summed E-state index contributed by atoms with van der Waals surface area (Å²) in [6.07, 6.45) is 0.0140. The summed E-state index contributed by atoms with van der Waals surface area (Å²) >= 11 is 6.04. The van der Waals surface area contributed by atoms with Gasteiger partial charge in [-0.1, -0.05) is 23.7 Å². The Hall–Kier alpha value is -1.19. The van der Waals surface area contributed by atoms with Crippen molar-refractivity contribution in [2.24, 2.45) is 0 Å². The zero-order chi connectivity index (χ0) is 17.7. The molecule has 9 heteroatoms. The molecule has 1 fully saturated rings. The Labute approximate surface area is 147 Å². The van der Waals surface area contributed by atoms with E-state index in [1.165, 1.54) is 22.8 Å². The molecule has 0 saturated carbocycles. The van der Waals surface area contributed by atoms with Crippen molar-refractivity contribution < 1.29 is 17.9 Å². The van der Waals surface area contributed by atoms with Gasteiger partial charge in [-0.2, -0.15) is 17.0 Å². The normalized spacial score (nSPS) is 19.4. The third-order valence-corrected chi connectivity index (χ3v) is 6.21. The van der Waals surface area contributed by atoms with Crippen LogP contribution in [0.5, 0.6) is 0 Å². The van der Waals surface area contributed by atoms with Crippen LogP contribution >= 0.6 is 11.6 Å². The smallest absolute Gasteiger partial charge is 0.306 e. The lowest BCUT2D eigenvalue weighted by Gasteiger charge is -2.37. The molecular formula is C15H22ClN3O4S. The molecule has 134 valence electrons. The fourth-order valence-electron chi connectivity index (χ4n) is 2.61. The highest BCUT2D eigenvalue weighted by atomic mass is 35.5. The number of methoxy groups -OCH3 is 1. The SMILES string of the molecule is COC(=O)CCN(C)S(=O)(=O)N1CCNCC1c1cccc(Cl)c1. The Morgan fingerprint density at radius 3 is 2.92 bits per heavy atom. The number of hydrogen-bond acceptors (Lipinski definition) is 5. The van der Waals surface area contributed by atoms with E-state index in [-0.39, 0.29) is 19.0 Å². The minimum absolute atomic E-state index is 0.0140. The number of piperazine rings is 1. The fraction of sp³-hybridized carbons (Fsp3) is 0.533. The topological polar surface area (TPSA) is 79.0 Å². The molecule has 0 spiro atoms. The maximum Gasteiger partial charge on any atom is 0.306 e. The van der Waals surface area contributed by atoms with Gasteiger partial charge in [0.25, 0.3) is 10.2 Å². The molecule has 24 heavy (non-hydrogen) atoms. The lowest BCUT2D eigenvalue weighted by molar-refractivity contribution is -0.140. The van der Waals surface area contributed by atoms with E-state index in [4.69, 9.17) is 11.6 Å². The van der Waals surface area contributed by atoms with Crippen molar-refractivity contribution in [2.75, 3.05) is 40.3 Å². The third-order valence-electron chi connectivity index (χ3n) is 3.98. The van der Waals surface area contributed by atoms with Crippen LogP contribution in [0.4, 0.5) is 0 Å². The molecule has 0 aliphatic carbocycles. The first-order chi connectivity index (χ1) is 11.4. The predicted molar refractivity (Wildman–Crippen MR) is 92.0 cm³/mol. The van der Waals surface area contributed by atoms with Crippen molar-refractivity contribution in [2.45, 2.75) is 12.5 Å². The highest BCUT2D eigenvalue weighted by Crippen LogP contribution is 2.28. The molecular weight excluding hydrogens is 354 g/mol. The Bertz CT molecular complexity index is 683. The molecule has 1 heterocycles. The van der Waals surface area contributed by atoms with Gasteiger partial charge in [0.05, 0.1) is 19.6 Å². The van der Waals surface area contributed by atoms with Gasteiger partial charge in [0.2, 0.25) is 0 Å². The standard InChI is InChI=1S/C15H22ClN3O4S/c1-18(8-6-15(20)23-2)24(21,22)19-9-7-17-11-14(19)12-4-3-5-13(16)10-12/h3-5,10,14,17H,6-9,11H2,1-2H3. The van der Waals surface area contributed by atoms with Gasteiger partial charge in [-0.05, 0) is 17.7 Å². The number of halogens is 1. The van der Waals surface area contributed by atoms with Crippen LogP contribution in [0.15, 0.2) is 24.3 Å². The van der Waals surface area contributed by atoms with Crippen LogP contribution < -0.4 is 5.32 Å². The first-order valence-electron chi connectivity index (χ1n) is 7.62. The molecule has 1 saturated heterocycles. The molecule has 0 aromatic heterocycles. The van der Waals surface area contributed by atoms with E-state index in [1.54, 1.807) is 18.2 Å². The van der Waals surface area contributed by atoms with Crippen LogP contribution in [-0.2, 0) is 19.7 Å². The van der Waals surface area contributed by atoms with E-state index in [0.717, 1.165) is 5.56 Å². The Balaban J connectivity index is 2.20. The summed E-state index contributed by atoms with van der Waals surface area (Å²) in [5, 5.41) is 3.78. The second-order valence-electron chi connectivity index (χ2n) is 5.54. The number of nitrogens with zero attached hydrogens (tertiary/aromatic N) is 2. The molecule has 1 aromatic carbocycles. The molecule has 7 nitrogen and oxygen atoms in total. The van der Waals surface area contributed by atoms with E-state index >= 15 is 0 Å². The number of hydrogen-bond donors (Lipinski definition) is 1. The molecule has 1 unspecified atom stereocenters. The summed E-state index contributed by atoms with van der Waals surface area (Å²) in [6, 6.07) is 6.85. The van der Waals surface area contributed by atoms with Crippen molar-refractivity contribution in [3.63, 3.8) is 0 Å². The monoisotopic (exact) mass is 375 g/mol. The number of benzene rings is 1. The first kappa shape index (κ1) is 19.1. The van der Waals surface area contributed by atoms with E-state index < -0.39 is 16.2 Å². The van der Waals surface area contributed by atoms with Gasteiger partial charge in [-0.3, -0.25) is 4.79 Å². The minimum Gasteiger partial charge on any atom is -0.469 e. The maximum atomic E-state index is 12.9. The van der Waals surface area contributed by atoms with E-state index in [1.807, 2.05) is 6.07 Å². The number of carbonyl (C=O) groups excluding carboxylic acids is 1. The molecule has 1 atom stereocenters. The molecule has 1 aromatic rings. The van der Waals surface area contributed by atoms with E-state index in [9.17, 15) is 13.2 Å². The number of carbonyl (C=O) groups is 1. The predicted octanol–water partition coefficient (Wildman–Crippen LogP) is 1.03. The second-order valence-corrected chi connectivity index (χ2v) is 7.97. The van der Waals surface area contributed by atoms with Crippen molar-refractivity contribution in [3.8, 4) is 0 Å². The van der Waals surface area contributed by atoms with Gasteiger partial charge in [0, 0.05) is 38.2 Å². The van der Waals surface area contributed by atoms with Crippen LogP contribution in [0, 0.1) is 0 Å². The van der Waals surface area contributed by atoms with Crippen LogP contribution in [0.25, 0.3) is 0 Å². The summed E-state index contributed by atoms with van der Waals surface area (Å²) in [4.78, 5) is 11.3. The lowest BCUT2D eigenvalue weighted by atomic mass is 10.1. The lowest BCUT2D eigenvalue weighted by Crippen LogP contribution is -2.52. The summed E-state index contributed by atoms with van der Waals surface area (Å²) < 4.78 is 33.0. The third kappa shape index (κ3) is 4.46. The van der Waals surface area contributed by atoms with Gasteiger partial charge in [0.15, 0.2) is 0 Å². The van der Waals surface area contributed by atoms with E-state index in [0.29, 0.717) is 24.7 Å². The second kappa shape index (κ2) is 8.26. The van der Waals surface area contributed by atoms with Crippen LogP contribution in [0.3, 0.4) is 0 Å². The molecule has 0 bridgehead atoms. The molecule has 2 rings (SSSR count). The van der Waals surface area contributed by atoms with Gasteiger partial charge < -0.3 is 10.1 Å². The number of nitrogens with one attached hydrogen (secondary N) is 1. The number of rotatable bonds is 6. The Morgan fingerprint density at radius 2 is 2.25 bits per heavy atom. The fourth-order valence-corrected chi connectivity index (χ4v) is 4.32.